The number of nitrogens with two attached hydrogens (primary N) is 1. The molecule has 1 aromatic rings. The van der Waals surface area contributed by atoms with Gasteiger partial charge in [-0.2, -0.15) is 0 Å². The van der Waals surface area contributed by atoms with Crippen LogP contribution in [0.4, 0.5) is 21.5 Å². The number of likely N-dealkylation sites (N-methyl/N-ethyl adjacent to an activating group) is 2. The van der Waals surface area contributed by atoms with Gasteiger partial charge in [0, 0.05) is 31.9 Å². The normalized spacial score (nSPS) is 10.0. The lowest BCUT2D eigenvalue weighted by atomic mass is 10.1. The summed E-state index contributed by atoms with van der Waals surface area (Å²) < 4.78 is 9.85. The number of nitrogens with zero attached hydrogens (tertiary/aromatic N) is 3. The third kappa shape index (κ3) is 6.37. The SMILES string of the molecule is Cc1cc(N(C)CCN(C)C)c([N+](=O)[O-])cc1N.OCF. The summed E-state index contributed by atoms with van der Waals surface area (Å²) in [4.78, 5) is 14.6. The highest BCUT2D eigenvalue weighted by Gasteiger charge is 2.18. The highest BCUT2D eigenvalue weighted by Crippen LogP contribution is 2.31. The topological polar surface area (TPSA) is 95.9 Å². The monoisotopic (exact) mass is 302 g/mol. The van der Waals surface area contributed by atoms with Crippen LogP contribution in [0.15, 0.2) is 12.1 Å². The maximum atomic E-state index is 11.0. The highest BCUT2D eigenvalue weighted by molar-refractivity contribution is 5.70. The summed E-state index contributed by atoms with van der Waals surface area (Å²) in [6.45, 7) is 2.15. The van der Waals surface area contributed by atoms with Crippen molar-refractivity contribution >= 4 is 17.1 Å². The van der Waals surface area contributed by atoms with Crippen LogP contribution in [0, 0.1) is 17.0 Å². The van der Waals surface area contributed by atoms with E-state index in [-0.39, 0.29) is 5.69 Å². The van der Waals surface area contributed by atoms with Crippen molar-refractivity contribution in [1.29, 1.82) is 0 Å². The van der Waals surface area contributed by atoms with E-state index in [4.69, 9.17) is 10.8 Å². The standard InChI is InChI=1S/C12H20N4O2.CH3FO/c1-9-7-11(15(4)6-5-14(2)3)12(16(17)18)8-10(9)13;2-1-3/h7-8H,5-6,13H2,1-4H3;3H,1H2. The van der Waals surface area contributed by atoms with Gasteiger partial charge in [-0.1, -0.05) is 0 Å². The molecule has 7 nitrogen and oxygen atoms in total. The minimum absolute atomic E-state index is 0.0550. The summed E-state index contributed by atoms with van der Waals surface area (Å²) in [5.74, 6) is 0. The van der Waals surface area contributed by atoms with E-state index in [1.54, 1.807) is 6.07 Å². The van der Waals surface area contributed by atoms with E-state index in [2.05, 4.69) is 0 Å². The quantitative estimate of drug-likeness (QED) is 0.485. The van der Waals surface area contributed by atoms with E-state index in [1.165, 1.54) is 6.07 Å². The van der Waals surface area contributed by atoms with Crippen molar-refractivity contribution < 1.29 is 14.4 Å². The van der Waals surface area contributed by atoms with E-state index in [0.717, 1.165) is 18.7 Å². The van der Waals surface area contributed by atoms with Crippen molar-refractivity contribution in [3.63, 3.8) is 0 Å². The molecule has 0 spiro atoms. The lowest BCUT2D eigenvalue weighted by molar-refractivity contribution is -0.384. The Morgan fingerprint density at radius 3 is 2.29 bits per heavy atom. The number of nitro benzene ring substituents is 1. The Balaban J connectivity index is 0.00000122. The first-order valence-corrected chi connectivity index (χ1v) is 6.31. The van der Waals surface area contributed by atoms with Crippen molar-refractivity contribution in [2.45, 2.75) is 6.92 Å². The molecule has 0 saturated carbocycles. The predicted octanol–water partition coefficient (Wildman–Crippen LogP) is 1.39. The molecular weight excluding hydrogens is 279 g/mol. The van der Waals surface area contributed by atoms with Crippen LogP contribution in [-0.2, 0) is 0 Å². The van der Waals surface area contributed by atoms with Gasteiger partial charge in [-0.3, -0.25) is 10.1 Å². The molecule has 1 rings (SSSR count). The van der Waals surface area contributed by atoms with Crippen LogP contribution < -0.4 is 10.6 Å². The number of nitrogen functional groups attached to an aromatic ring is 1. The average molecular weight is 302 g/mol. The summed E-state index contributed by atoms with van der Waals surface area (Å²) in [5, 5.41) is 17.9. The Labute approximate surface area is 123 Å². The van der Waals surface area contributed by atoms with Gasteiger partial charge in [-0.15, -0.1) is 0 Å². The number of alkyl halides is 1. The van der Waals surface area contributed by atoms with Crippen LogP contribution >= 0.6 is 0 Å². The maximum Gasteiger partial charge on any atom is 0.294 e. The number of hydrogen-bond donors (Lipinski definition) is 2. The maximum absolute atomic E-state index is 11.0. The van der Waals surface area contributed by atoms with Crippen molar-refractivity contribution in [2.75, 3.05) is 51.7 Å². The minimum atomic E-state index is -1.25. The smallest absolute Gasteiger partial charge is 0.294 e. The second kappa shape index (κ2) is 9.09. The molecule has 0 heterocycles. The molecule has 0 atom stereocenters. The Hall–Kier alpha value is -1.93. The molecule has 0 saturated heterocycles. The van der Waals surface area contributed by atoms with E-state index < -0.39 is 11.8 Å². The first-order valence-electron chi connectivity index (χ1n) is 6.31. The largest absolute Gasteiger partial charge is 0.398 e. The molecule has 3 N–H and O–H groups in total. The molecule has 0 aromatic heterocycles. The molecule has 0 fully saturated rings. The number of anilines is 2. The fourth-order valence-corrected chi connectivity index (χ4v) is 1.62. The van der Waals surface area contributed by atoms with E-state index in [9.17, 15) is 14.5 Å². The summed E-state index contributed by atoms with van der Waals surface area (Å²) in [6, 6.07) is 3.19. The zero-order chi connectivity index (χ0) is 16.6. The molecular formula is C13H23FN4O3. The summed E-state index contributed by atoms with van der Waals surface area (Å²) in [5.41, 5.74) is 7.68. The molecule has 0 unspecified atom stereocenters. The van der Waals surface area contributed by atoms with Gasteiger partial charge in [-0.05, 0) is 32.6 Å². The van der Waals surface area contributed by atoms with Crippen molar-refractivity contribution in [3.8, 4) is 0 Å². The van der Waals surface area contributed by atoms with Crippen molar-refractivity contribution in [3.05, 3.63) is 27.8 Å². The van der Waals surface area contributed by atoms with Gasteiger partial charge >= 0.3 is 0 Å². The molecule has 21 heavy (non-hydrogen) atoms. The van der Waals surface area contributed by atoms with E-state index >= 15 is 0 Å². The van der Waals surface area contributed by atoms with Crippen LogP contribution in [0.1, 0.15) is 5.56 Å². The molecule has 0 radical (unpaired) electrons. The first-order chi connectivity index (χ1) is 9.74. The van der Waals surface area contributed by atoms with Crippen molar-refractivity contribution in [1.82, 2.24) is 4.90 Å². The number of aliphatic hydroxyl groups excluding tert-OH is 1. The zero-order valence-corrected chi connectivity index (χ0v) is 12.8. The number of aliphatic hydroxyl groups is 1. The minimum Gasteiger partial charge on any atom is -0.398 e. The predicted molar refractivity (Wildman–Crippen MR) is 82.3 cm³/mol. The lowest BCUT2D eigenvalue weighted by Crippen LogP contribution is -2.29. The van der Waals surface area contributed by atoms with Crippen LogP contribution in [0.3, 0.4) is 0 Å². The van der Waals surface area contributed by atoms with Crippen LogP contribution in [-0.4, -0.2) is 56.0 Å². The van der Waals surface area contributed by atoms with Gasteiger partial charge in [0.2, 0.25) is 0 Å². The number of hydrogen-bond acceptors (Lipinski definition) is 6. The summed E-state index contributed by atoms with van der Waals surface area (Å²) >= 11 is 0. The Morgan fingerprint density at radius 2 is 1.86 bits per heavy atom. The molecule has 0 aliphatic rings. The van der Waals surface area contributed by atoms with Gasteiger partial charge in [0.15, 0.2) is 6.86 Å². The molecule has 0 bridgehead atoms. The molecule has 0 aliphatic carbocycles. The van der Waals surface area contributed by atoms with Gasteiger partial charge in [0.05, 0.1) is 4.92 Å². The number of benzene rings is 1. The fraction of sp³-hybridized carbons (Fsp3) is 0.538. The lowest BCUT2D eigenvalue weighted by Gasteiger charge is -2.22. The van der Waals surface area contributed by atoms with Gasteiger partial charge in [0.25, 0.3) is 5.69 Å². The molecule has 0 amide bonds. The average Bonchev–Trinajstić information content (AvgIpc) is 2.39. The Kier molecular flexibility index (Phi) is 8.25. The third-order valence-electron chi connectivity index (χ3n) is 2.85. The Bertz CT molecular complexity index is 469. The molecule has 120 valence electrons. The first kappa shape index (κ1) is 19.1. The van der Waals surface area contributed by atoms with Crippen LogP contribution in [0.2, 0.25) is 0 Å². The molecule has 8 heteroatoms. The summed E-state index contributed by atoms with van der Waals surface area (Å²) in [6.07, 6.45) is 0. The van der Waals surface area contributed by atoms with Crippen molar-refractivity contribution in [2.24, 2.45) is 0 Å². The Morgan fingerprint density at radius 1 is 1.33 bits per heavy atom. The highest BCUT2D eigenvalue weighted by atomic mass is 19.1. The zero-order valence-electron chi connectivity index (χ0n) is 12.8. The second-order valence-corrected chi connectivity index (χ2v) is 4.80. The number of halogens is 1. The second-order valence-electron chi connectivity index (χ2n) is 4.80. The third-order valence-corrected chi connectivity index (χ3v) is 2.85. The number of rotatable bonds is 5. The van der Waals surface area contributed by atoms with E-state index in [1.807, 2.05) is 37.9 Å². The fourth-order valence-electron chi connectivity index (χ4n) is 1.62. The van der Waals surface area contributed by atoms with E-state index in [0.29, 0.717) is 11.4 Å². The van der Waals surface area contributed by atoms with Gasteiger partial charge in [-0.25, -0.2) is 4.39 Å². The van der Waals surface area contributed by atoms with Gasteiger partial charge < -0.3 is 20.6 Å². The number of aryl methyl sites for hydroxylation is 1. The molecule has 0 aliphatic heterocycles. The summed E-state index contributed by atoms with van der Waals surface area (Å²) in [7, 11) is 5.79. The molecule has 1 aromatic carbocycles. The van der Waals surface area contributed by atoms with Gasteiger partial charge in [0.1, 0.15) is 5.69 Å². The van der Waals surface area contributed by atoms with Crippen LogP contribution in [0.5, 0.6) is 0 Å². The van der Waals surface area contributed by atoms with Crippen LogP contribution in [0.25, 0.3) is 0 Å². The number of nitro groups is 1.